The van der Waals surface area contributed by atoms with Crippen LogP contribution in [0, 0.1) is 49.4 Å². The number of anilines is 1. The second-order valence-electron chi connectivity index (χ2n) is 8.63. The molecular formula is C22H23BrN2O3. The molecule has 1 N–H and O–H groups in total. The minimum atomic E-state index is -0.189. The van der Waals surface area contributed by atoms with E-state index in [0.717, 1.165) is 27.7 Å². The lowest BCUT2D eigenvalue weighted by Gasteiger charge is -2.37. The molecule has 28 heavy (non-hydrogen) atoms. The Morgan fingerprint density at radius 2 is 1.68 bits per heavy atom. The van der Waals surface area contributed by atoms with Crippen LogP contribution in [-0.2, 0) is 14.4 Å². The Labute approximate surface area is 172 Å². The summed E-state index contributed by atoms with van der Waals surface area (Å²) in [6, 6.07) is 3.77. The molecule has 5 nitrogen and oxygen atoms in total. The lowest BCUT2D eigenvalue weighted by Crippen LogP contribution is -2.40. The monoisotopic (exact) mass is 442 g/mol. The van der Waals surface area contributed by atoms with Gasteiger partial charge >= 0.3 is 0 Å². The van der Waals surface area contributed by atoms with E-state index in [4.69, 9.17) is 0 Å². The van der Waals surface area contributed by atoms with Gasteiger partial charge in [0.15, 0.2) is 0 Å². The number of carbonyl (C=O) groups excluding carboxylic acids is 3. The summed E-state index contributed by atoms with van der Waals surface area (Å²) in [6.07, 6.45) is 5.62. The maximum absolute atomic E-state index is 12.9. The van der Waals surface area contributed by atoms with E-state index >= 15 is 0 Å². The highest BCUT2D eigenvalue weighted by Crippen LogP contribution is 2.65. The fourth-order valence-corrected chi connectivity index (χ4v) is 6.02. The van der Waals surface area contributed by atoms with Crippen molar-refractivity contribution in [3.05, 3.63) is 39.9 Å². The van der Waals surface area contributed by atoms with E-state index in [2.05, 4.69) is 33.4 Å². The SMILES string of the molecule is Cc1c(Br)ccc(NC(=O)CCN2C(=O)C3C4C=CC(C5CC45)C3C2=O)c1C. The molecule has 4 aliphatic carbocycles. The summed E-state index contributed by atoms with van der Waals surface area (Å²) in [6.45, 7) is 4.12. The first kappa shape index (κ1) is 18.1. The van der Waals surface area contributed by atoms with Crippen LogP contribution in [-0.4, -0.2) is 29.2 Å². The summed E-state index contributed by atoms with van der Waals surface area (Å²) in [5.74, 6) is 0.957. The van der Waals surface area contributed by atoms with E-state index in [1.807, 2.05) is 26.0 Å². The summed E-state index contributed by atoms with van der Waals surface area (Å²) in [5, 5.41) is 2.92. The number of carbonyl (C=O) groups is 3. The maximum Gasteiger partial charge on any atom is 0.233 e. The van der Waals surface area contributed by atoms with Crippen LogP contribution in [0.15, 0.2) is 28.8 Å². The Morgan fingerprint density at radius 1 is 1.07 bits per heavy atom. The van der Waals surface area contributed by atoms with Crippen molar-refractivity contribution in [1.82, 2.24) is 4.90 Å². The molecule has 2 saturated carbocycles. The lowest BCUT2D eigenvalue weighted by atomic mass is 9.63. The number of benzene rings is 1. The number of nitrogens with zero attached hydrogens (tertiary/aromatic N) is 1. The summed E-state index contributed by atoms with van der Waals surface area (Å²) < 4.78 is 1.00. The van der Waals surface area contributed by atoms with Crippen molar-refractivity contribution in [2.45, 2.75) is 26.7 Å². The van der Waals surface area contributed by atoms with E-state index in [0.29, 0.717) is 11.8 Å². The molecule has 6 unspecified atom stereocenters. The number of amides is 3. The summed E-state index contributed by atoms with van der Waals surface area (Å²) in [4.78, 5) is 39.7. The van der Waals surface area contributed by atoms with Crippen LogP contribution in [0.25, 0.3) is 0 Å². The number of likely N-dealkylation sites (tertiary alicyclic amines) is 1. The highest BCUT2D eigenvalue weighted by Gasteiger charge is 2.66. The van der Waals surface area contributed by atoms with E-state index in [1.165, 1.54) is 4.90 Å². The largest absolute Gasteiger partial charge is 0.326 e. The summed E-state index contributed by atoms with van der Waals surface area (Å²) >= 11 is 3.49. The molecule has 5 aliphatic rings. The molecule has 146 valence electrons. The molecule has 1 aliphatic heterocycles. The predicted octanol–water partition coefficient (Wildman–Crippen LogP) is 3.45. The predicted molar refractivity (Wildman–Crippen MR) is 108 cm³/mol. The summed E-state index contributed by atoms with van der Waals surface area (Å²) in [5.41, 5.74) is 2.85. The van der Waals surface area contributed by atoms with E-state index in [1.54, 1.807) is 0 Å². The third-order valence-electron chi connectivity index (χ3n) is 7.31. The van der Waals surface area contributed by atoms with Gasteiger partial charge in [0.1, 0.15) is 0 Å². The van der Waals surface area contributed by atoms with Crippen LogP contribution in [0.5, 0.6) is 0 Å². The zero-order valence-corrected chi connectivity index (χ0v) is 17.5. The number of imide groups is 1. The maximum atomic E-state index is 12.9. The zero-order valence-electron chi connectivity index (χ0n) is 15.9. The molecule has 1 aromatic carbocycles. The number of allylic oxidation sites excluding steroid dienone is 2. The first-order valence-electron chi connectivity index (χ1n) is 9.97. The van der Waals surface area contributed by atoms with Crippen LogP contribution < -0.4 is 5.32 Å². The highest BCUT2D eigenvalue weighted by atomic mass is 79.9. The average molecular weight is 443 g/mol. The molecule has 3 fully saturated rings. The smallest absolute Gasteiger partial charge is 0.233 e. The Kier molecular flexibility index (Phi) is 4.06. The van der Waals surface area contributed by atoms with Gasteiger partial charge in [0.2, 0.25) is 17.7 Å². The van der Waals surface area contributed by atoms with Gasteiger partial charge in [-0.3, -0.25) is 19.3 Å². The van der Waals surface area contributed by atoms with Crippen molar-refractivity contribution < 1.29 is 14.4 Å². The van der Waals surface area contributed by atoms with Crippen molar-refractivity contribution in [1.29, 1.82) is 0 Å². The van der Waals surface area contributed by atoms with E-state index in [-0.39, 0.29) is 54.4 Å². The van der Waals surface area contributed by atoms with Gasteiger partial charge in [0.05, 0.1) is 11.8 Å². The van der Waals surface area contributed by atoms with Gasteiger partial charge in [-0.2, -0.15) is 0 Å². The van der Waals surface area contributed by atoms with Crippen molar-refractivity contribution >= 4 is 39.3 Å². The number of hydrogen-bond acceptors (Lipinski definition) is 3. The number of rotatable bonds is 4. The number of halogens is 1. The first-order chi connectivity index (χ1) is 13.4. The quantitative estimate of drug-likeness (QED) is 0.573. The van der Waals surface area contributed by atoms with E-state index < -0.39 is 0 Å². The normalized spacial score (nSPS) is 34.5. The minimum Gasteiger partial charge on any atom is -0.326 e. The topological polar surface area (TPSA) is 66.5 Å². The molecule has 1 aromatic rings. The van der Waals surface area contributed by atoms with Gasteiger partial charge in [0.25, 0.3) is 0 Å². The van der Waals surface area contributed by atoms with Gasteiger partial charge < -0.3 is 5.32 Å². The molecule has 6 rings (SSSR count). The Hall–Kier alpha value is -1.95. The molecule has 1 heterocycles. The third kappa shape index (κ3) is 2.53. The minimum absolute atomic E-state index is 0.0665. The summed E-state index contributed by atoms with van der Waals surface area (Å²) in [7, 11) is 0. The number of hydrogen-bond donors (Lipinski definition) is 1. The Balaban J connectivity index is 1.25. The van der Waals surface area contributed by atoms with Crippen LogP contribution in [0.3, 0.4) is 0 Å². The molecule has 0 aromatic heterocycles. The van der Waals surface area contributed by atoms with Crippen LogP contribution in [0.2, 0.25) is 0 Å². The second-order valence-corrected chi connectivity index (χ2v) is 9.48. The van der Waals surface area contributed by atoms with Crippen molar-refractivity contribution in [2.75, 3.05) is 11.9 Å². The molecular weight excluding hydrogens is 420 g/mol. The zero-order chi connectivity index (χ0) is 19.7. The van der Waals surface area contributed by atoms with Crippen molar-refractivity contribution in [3.8, 4) is 0 Å². The molecule has 0 spiro atoms. The van der Waals surface area contributed by atoms with Gasteiger partial charge in [-0.15, -0.1) is 0 Å². The van der Waals surface area contributed by atoms with Crippen LogP contribution in [0.4, 0.5) is 5.69 Å². The number of nitrogens with one attached hydrogen (secondary N) is 1. The highest BCUT2D eigenvalue weighted by molar-refractivity contribution is 9.10. The van der Waals surface area contributed by atoms with Crippen LogP contribution >= 0.6 is 15.9 Å². The molecule has 2 bridgehead atoms. The third-order valence-corrected chi connectivity index (χ3v) is 8.17. The first-order valence-corrected chi connectivity index (χ1v) is 10.8. The van der Waals surface area contributed by atoms with Gasteiger partial charge in [-0.05, 0) is 67.2 Å². The van der Waals surface area contributed by atoms with Gasteiger partial charge in [0, 0.05) is 23.1 Å². The molecule has 0 radical (unpaired) electrons. The Morgan fingerprint density at radius 3 is 2.29 bits per heavy atom. The lowest BCUT2D eigenvalue weighted by molar-refractivity contribution is -0.140. The van der Waals surface area contributed by atoms with Gasteiger partial charge in [-0.25, -0.2) is 0 Å². The van der Waals surface area contributed by atoms with Crippen LogP contribution in [0.1, 0.15) is 24.0 Å². The standard InChI is InChI=1S/C22H23BrN2O3/c1-10-11(2)17(6-5-16(10)23)24-18(26)7-8-25-21(27)19-12-3-4-13(15-9-14(12)15)20(19)22(25)28/h3-6,12-15,19-20H,7-9H2,1-2H3,(H,24,26). The average Bonchev–Trinajstić information content (AvgIpc) is 3.46. The van der Waals surface area contributed by atoms with E-state index in [9.17, 15) is 14.4 Å². The second kappa shape index (κ2) is 6.28. The van der Waals surface area contributed by atoms with Gasteiger partial charge in [-0.1, -0.05) is 28.1 Å². The van der Waals surface area contributed by atoms with Crippen molar-refractivity contribution in [3.63, 3.8) is 0 Å². The fraction of sp³-hybridized carbons (Fsp3) is 0.500. The molecule has 6 heteroatoms. The Bertz CT molecular complexity index is 904. The molecule has 3 amide bonds. The molecule has 1 saturated heterocycles. The van der Waals surface area contributed by atoms with Crippen molar-refractivity contribution in [2.24, 2.45) is 35.5 Å². The fourth-order valence-electron chi connectivity index (χ4n) is 5.59. The molecule has 6 atom stereocenters.